The average molecular weight is 291 g/mol. The van der Waals surface area contributed by atoms with Gasteiger partial charge in [0.05, 0.1) is 12.2 Å². The highest BCUT2D eigenvalue weighted by Crippen LogP contribution is 2.32. The molecule has 21 heavy (non-hydrogen) atoms. The molecule has 1 aliphatic carbocycles. The van der Waals surface area contributed by atoms with Gasteiger partial charge in [0.25, 0.3) is 0 Å². The molecule has 0 radical (unpaired) electrons. The molecular weight excluding hydrogens is 266 g/mol. The minimum atomic E-state index is -0.906. The lowest BCUT2D eigenvalue weighted by Crippen LogP contribution is -2.52. The Bertz CT molecular complexity index is 465. The average Bonchev–Trinajstić information content (AvgIpc) is 2.54. The van der Waals surface area contributed by atoms with E-state index in [4.69, 9.17) is 5.11 Å². The fourth-order valence-electron chi connectivity index (χ4n) is 3.14. The topological polar surface area (TPSA) is 69.6 Å². The highest BCUT2D eigenvalue weighted by Gasteiger charge is 2.33. The number of hydrogen-bond donors (Lipinski definition) is 3. The minimum Gasteiger partial charge on any atom is -0.478 e. The smallest absolute Gasteiger partial charge is 0.335 e. The predicted molar refractivity (Wildman–Crippen MR) is 82.3 cm³/mol. The van der Waals surface area contributed by atoms with E-state index in [1.807, 2.05) is 12.1 Å². The van der Waals surface area contributed by atoms with Gasteiger partial charge in [0.2, 0.25) is 0 Å². The Morgan fingerprint density at radius 3 is 2.38 bits per heavy atom. The zero-order valence-electron chi connectivity index (χ0n) is 12.6. The van der Waals surface area contributed by atoms with Crippen LogP contribution in [0.2, 0.25) is 0 Å². The number of aliphatic hydroxyl groups excluding tert-OH is 1. The van der Waals surface area contributed by atoms with Crippen molar-refractivity contribution in [2.75, 3.05) is 6.61 Å². The number of rotatable bonds is 6. The third kappa shape index (κ3) is 4.05. The molecule has 4 nitrogen and oxygen atoms in total. The molecule has 1 atom stereocenters. The van der Waals surface area contributed by atoms with Crippen LogP contribution in [0.5, 0.6) is 0 Å². The quantitative estimate of drug-likeness (QED) is 0.754. The fourth-order valence-corrected chi connectivity index (χ4v) is 3.14. The summed E-state index contributed by atoms with van der Waals surface area (Å²) < 4.78 is 0. The molecule has 116 valence electrons. The van der Waals surface area contributed by atoms with Crippen LogP contribution in [0.3, 0.4) is 0 Å². The molecule has 1 unspecified atom stereocenters. The Labute approximate surface area is 126 Å². The third-order valence-corrected chi connectivity index (χ3v) is 4.73. The first-order valence-corrected chi connectivity index (χ1v) is 7.73. The van der Waals surface area contributed by atoms with Crippen molar-refractivity contribution < 1.29 is 15.0 Å². The molecule has 1 fully saturated rings. The van der Waals surface area contributed by atoms with E-state index in [-0.39, 0.29) is 12.1 Å². The summed E-state index contributed by atoms with van der Waals surface area (Å²) in [7, 11) is 0. The summed E-state index contributed by atoms with van der Waals surface area (Å²) in [6.45, 7) is 2.87. The maximum Gasteiger partial charge on any atom is 0.335 e. The van der Waals surface area contributed by atoms with Crippen molar-refractivity contribution in [2.24, 2.45) is 5.92 Å². The Morgan fingerprint density at radius 2 is 1.86 bits per heavy atom. The summed E-state index contributed by atoms with van der Waals surface area (Å²) >= 11 is 0. The number of carbonyl (C=O) groups is 1. The van der Waals surface area contributed by atoms with Crippen LogP contribution in [0, 0.1) is 5.92 Å². The van der Waals surface area contributed by atoms with E-state index in [0.29, 0.717) is 18.0 Å². The normalized spacial score (nSPS) is 19.1. The summed E-state index contributed by atoms with van der Waals surface area (Å²) in [6, 6.07) is 6.90. The van der Waals surface area contributed by atoms with Gasteiger partial charge in [0.15, 0.2) is 0 Å². The molecule has 0 amide bonds. The second-order valence-electron chi connectivity index (χ2n) is 6.27. The van der Waals surface area contributed by atoms with Crippen LogP contribution in [-0.2, 0) is 6.54 Å². The second kappa shape index (κ2) is 7.05. The summed E-state index contributed by atoms with van der Waals surface area (Å²) in [5.74, 6) is -0.397. The number of nitrogens with one attached hydrogen (secondary N) is 1. The van der Waals surface area contributed by atoms with Crippen molar-refractivity contribution in [2.45, 2.75) is 51.1 Å². The van der Waals surface area contributed by atoms with Crippen LogP contribution in [0.25, 0.3) is 0 Å². The summed E-state index contributed by atoms with van der Waals surface area (Å²) in [4.78, 5) is 10.8. The molecule has 0 saturated heterocycles. The first-order chi connectivity index (χ1) is 10.0. The first kappa shape index (κ1) is 16.0. The molecule has 0 bridgehead atoms. The maximum atomic E-state index is 10.8. The second-order valence-corrected chi connectivity index (χ2v) is 6.27. The number of hydrogen-bond acceptors (Lipinski definition) is 3. The zero-order valence-corrected chi connectivity index (χ0v) is 12.6. The number of aliphatic hydroxyl groups is 1. The fraction of sp³-hybridized carbons (Fsp3) is 0.588. The molecule has 0 aliphatic heterocycles. The van der Waals surface area contributed by atoms with E-state index in [9.17, 15) is 9.90 Å². The number of carboxylic acid groups (broad SMARTS) is 1. The van der Waals surface area contributed by atoms with Gasteiger partial charge in [-0.15, -0.1) is 0 Å². The van der Waals surface area contributed by atoms with E-state index < -0.39 is 5.97 Å². The monoisotopic (exact) mass is 291 g/mol. The minimum absolute atomic E-state index is 0.130. The molecule has 0 heterocycles. The Balaban J connectivity index is 1.97. The van der Waals surface area contributed by atoms with Gasteiger partial charge >= 0.3 is 5.97 Å². The van der Waals surface area contributed by atoms with Gasteiger partial charge in [-0.2, -0.15) is 0 Å². The van der Waals surface area contributed by atoms with Crippen LogP contribution < -0.4 is 5.32 Å². The van der Waals surface area contributed by atoms with Gasteiger partial charge in [-0.25, -0.2) is 4.79 Å². The van der Waals surface area contributed by atoms with Gasteiger partial charge < -0.3 is 15.5 Å². The van der Waals surface area contributed by atoms with Crippen molar-refractivity contribution in [3.05, 3.63) is 35.4 Å². The lowest BCUT2D eigenvalue weighted by atomic mass is 9.76. The molecule has 4 heteroatoms. The third-order valence-electron chi connectivity index (χ3n) is 4.73. The maximum absolute atomic E-state index is 10.8. The molecule has 3 N–H and O–H groups in total. The zero-order chi connectivity index (χ0) is 15.3. The van der Waals surface area contributed by atoms with Gasteiger partial charge in [0, 0.05) is 12.1 Å². The van der Waals surface area contributed by atoms with Crippen molar-refractivity contribution in [1.29, 1.82) is 0 Å². The van der Waals surface area contributed by atoms with Crippen LogP contribution in [0.4, 0.5) is 0 Å². The molecule has 0 aromatic heterocycles. The Hall–Kier alpha value is -1.39. The molecule has 0 spiro atoms. The predicted octanol–water partition coefficient (Wildman–Crippen LogP) is 2.81. The Morgan fingerprint density at radius 1 is 1.24 bits per heavy atom. The van der Waals surface area contributed by atoms with E-state index in [1.165, 1.54) is 32.1 Å². The largest absolute Gasteiger partial charge is 0.478 e. The first-order valence-electron chi connectivity index (χ1n) is 7.73. The summed E-state index contributed by atoms with van der Waals surface area (Å²) in [6.07, 6.45) is 6.13. The van der Waals surface area contributed by atoms with E-state index in [2.05, 4.69) is 12.2 Å². The SMILES string of the molecule is CC(CO)(NCc1ccc(C(=O)O)cc1)C1CCCCC1. The summed E-state index contributed by atoms with van der Waals surface area (Å²) in [5, 5.41) is 22.2. The van der Waals surface area contributed by atoms with E-state index in [1.54, 1.807) is 12.1 Å². The molecule has 2 rings (SSSR count). The lowest BCUT2D eigenvalue weighted by molar-refractivity contribution is 0.0697. The van der Waals surface area contributed by atoms with E-state index in [0.717, 1.165) is 5.56 Å². The van der Waals surface area contributed by atoms with Crippen LogP contribution >= 0.6 is 0 Å². The number of aromatic carboxylic acids is 1. The van der Waals surface area contributed by atoms with Gasteiger partial charge in [-0.1, -0.05) is 31.4 Å². The lowest BCUT2D eigenvalue weighted by Gasteiger charge is -2.39. The standard InChI is InChI=1S/C17H25NO3/c1-17(12-19,15-5-3-2-4-6-15)18-11-13-7-9-14(10-8-13)16(20)21/h7-10,15,18-19H,2-6,11-12H2,1H3,(H,20,21). The van der Waals surface area contributed by atoms with Gasteiger partial charge in [-0.05, 0) is 43.4 Å². The van der Waals surface area contributed by atoms with Gasteiger partial charge in [0.1, 0.15) is 0 Å². The highest BCUT2D eigenvalue weighted by molar-refractivity contribution is 5.87. The molecule has 1 aromatic rings. The van der Waals surface area contributed by atoms with Crippen LogP contribution in [0.15, 0.2) is 24.3 Å². The molecule has 1 aliphatic rings. The molecular formula is C17H25NO3. The highest BCUT2D eigenvalue weighted by atomic mass is 16.4. The van der Waals surface area contributed by atoms with Crippen LogP contribution in [-0.4, -0.2) is 28.3 Å². The van der Waals surface area contributed by atoms with Crippen molar-refractivity contribution in [3.8, 4) is 0 Å². The molecule has 1 saturated carbocycles. The number of carboxylic acids is 1. The Kier molecular flexibility index (Phi) is 5.37. The van der Waals surface area contributed by atoms with Crippen molar-refractivity contribution in [3.63, 3.8) is 0 Å². The molecule has 1 aromatic carbocycles. The van der Waals surface area contributed by atoms with E-state index >= 15 is 0 Å². The van der Waals surface area contributed by atoms with Gasteiger partial charge in [-0.3, -0.25) is 0 Å². The van der Waals surface area contributed by atoms with Crippen LogP contribution in [0.1, 0.15) is 54.9 Å². The number of benzene rings is 1. The van der Waals surface area contributed by atoms with Crippen molar-refractivity contribution >= 4 is 5.97 Å². The van der Waals surface area contributed by atoms with Crippen molar-refractivity contribution in [1.82, 2.24) is 5.32 Å². The summed E-state index contributed by atoms with van der Waals surface area (Å²) in [5.41, 5.74) is 1.08.